The Morgan fingerprint density at radius 3 is 2.62 bits per heavy atom. The molecule has 0 heterocycles. The summed E-state index contributed by atoms with van der Waals surface area (Å²) in [5, 5.41) is 9.54. The molecule has 2 aliphatic rings. The maximum absolute atomic E-state index is 9.54. The third-order valence-corrected chi connectivity index (χ3v) is 3.02. The molecule has 0 amide bonds. The highest BCUT2D eigenvalue weighted by atomic mass is 16.3. The lowest BCUT2D eigenvalue weighted by molar-refractivity contribution is 0.128. The van der Waals surface area contributed by atoms with Crippen LogP contribution in [-0.4, -0.2) is 10.7 Å². The van der Waals surface area contributed by atoms with Crippen molar-refractivity contribution in [1.82, 2.24) is 0 Å². The van der Waals surface area contributed by atoms with Gasteiger partial charge in [-0.1, -0.05) is 13.3 Å². The van der Waals surface area contributed by atoms with Gasteiger partial charge in [0.05, 0.1) is 5.60 Å². The molecule has 0 aliphatic heterocycles. The van der Waals surface area contributed by atoms with Crippen molar-refractivity contribution in [3.05, 3.63) is 0 Å². The van der Waals surface area contributed by atoms with Crippen LogP contribution in [0, 0.1) is 11.8 Å². The van der Waals surface area contributed by atoms with E-state index in [9.17, 15) is 5.11 Å². The van der Waals surface area contributed by atoms with E-state index in [0.717, 1.165) is 6.42 Å². The van der Waals surface area contributed by atoms with Crippen LogP contribution in [0.25, 0.3) is 0 Å². The normalized spacial score (nSPS) is 60.8. The zero-order chi connectivity index (χ0) is 5.78. The van der Waals surface area contributed by atoms with Crippen molar-refractivity contribution in [3.63, 3.8) is 0 Å². The zero-order valence-corrected chi connectivity index (χ0v) is 5.22. The van der Waals surface area contributed by atoms with Crippen molar-refractivity contribution in [3.8, 4) is 0 Å². The summed E-state index contributed by atoms with van der Waals surface area (Å²) in [6, 6.07) is 0. The van der Waals surface area contributed by atoms with Gasteiger partial charge in [-0.3, -0.25) is 0 Å². The van der Waals surface area contributed by atoms with Crippen LogP contribution in [0.2, 0.25) is 0 Å². The highest BCUT2D eigenvalue weighted by Crippen LogP contribution is 2.60. The van der Waals surface area contributed by atoms with Crippen molar-refractivity contribution in [2.45, 2.75) is 31.8 Å². The van der Waals surface area contributed by atoms with E-state index >= 15 is 0 Å². The maximum atomic E-state index is 9.54. The molecule has 2 rings (SSSR count). The van der Waals surface area contributed by atoms with Crippen LogP contribution >= 0.6 is 0 Å². The molecule has 1 heteroatoms. The fourth-order valence-electron chi connectivity index (χ4n) is 2.22. The summed E-state index contributed by atoms with van der Waals surface area (Å²) in [5.41, 5.74) is -0.181. The molecule has 2 saturated carbocycles. The summed E-state index contributed by atoms with van der Waals surface area (Å²) < 4.78 is 0. The van der Waals surface area contributed by atoms with Crippen LogP contribution in [0.15, 0.2) is 0 Å². The Labute approximate surface area is 49.7 Å². The second-order valence-electron chi connectivity index (χ2n) is 3.28. The van der Waals surface area contributed by atoms with E-state index in [1.54, 1.807) is 0 Å². The van der Waals surface area contributed by atoms with Gasteiger partial charge in [0.25, 0.3) is 0 Å². The molecule has 2 unspecified atom stereocenters. The molecule has 0 aromatic rings. The summed E-state index contributed by atoms with van der Waals surface area (Å²) in [7, 11) is 0. The van der Waals surface area contributed by atoms with Gasteiger partial charge in [0, 0.05) is 0 Å². The second-order valence-corrected chi connectivity index (χ2v) is 3.28. The van der Waals surface area contributed by atoms with Crippen molar-refractivity contribution >= 4 is 0 Å². The first-order valence-corrected chi connectivity index (χ1v) is 3.47. The van der Waals surface area contributed by atoms with Gasteiger partial charge in [0.15, 0.2) is 0 Å². The van der Waals surface area contributed by atoms with E-state index in [4.69, 9.17) is 0 Å². The third kappa shape index (κ3) is 0.334. The smallest absolute Gasteiger partial charge is 0.0708 e. The van der Waals surface area contributed by atoms with Crippen LogP contribution < -0.4 is 0 Å². The molecule has 2 aliphatic carbocycles. The lowest BCUT2D eigenvalue weighted by Gasteiger charge is -2.00. The molecule has 1 N–H and O–H groups in total. The van der Waals surface area contributed by atoms with Crippen molar-refractivity contribution < 1.29 is 5.11 Å². The molecule has 0 spiro atoms. The Bertz CT molecular complexity index is 122. The number of hydrogen-bond donors (Lipinski definition) is 1. The van der Waals surface area contributed by atoms with Gasteiger partial charge < -0.3 is 5.11 Å². The summed E-state index contributed by atoms with van der Waals surface area (Å²) in [6.45, 7) is 2.16. The molecule has 1 nitrogen and oxygen atoms in total. The SMILES string of the molecule is CC1[C@@H]2CCCC12O. The van der Waals surface area contributed by atoms with Crippen LogP contribution in [0.5, 0.6) is 0 Å². The Kier molecular flexibility index (Phi) is 0.663. The molecule has 0 bridgehead atoms. The van der Waals surface area contributed by atoms with E-state index < -0.39 is 0 Å². The second kappa shape index (κ2) is 1.10. The van der Waals surface area contributed by atoms with Crippen LogP contribution in [0.3, 0.4) is 0 Å². The summed E-state index contributed by atoms with van der Waals surface area (Å²) in [4.78, 5) is 0. The van der Waals surface area contributed by atoms with Gasteiger partial charge >= 0.3 is 0 Å². The fraction of sp³-hybridized carbons (Fsp3) is 1.00. The number of rotatable bonds is 0. The average Bonchev–Trinajstić information content (AvgIpc) is 2.23. The number of fused-ring (bicyclic) bond motifs is 1. The molecular weight excluding hydrogens is 100 g/mol. The quantitative estimate of drug-likeness (QED) is 0.498. The summed E-state index contributed by atoms with van der Waals surface area (Å²) in [6.07, 6.45) is 3.60. The lowest BCUT2D eigenvalue weighted by atomic mass is 10.1. The monoisotopic (exact) mass is 112 g/mol. The standard InChI is InChI=1S/C7H12O/c1-5-6-3-2-4-7(5,6)8/h5-6,8H,2-4H2,1H3/t5?,6-,7?/m0/s1. The van der Waals surface area contributed by atoms with Crippen molar-refractivity contribution in [2.75, 3.05) is 0 Å². The Morgan fingerprint density at radius 1 is 1.62 bits per heavy atom. The minimum Gasteiger partial charge on any atom is -0.389 e. The molecular formula is C7H12O. The van der Waals surface area contributed by atoms with E-state index in [1.807, 2.05) is 0 Å². The third-order valence-electron chi connectivity index (χ3n) is 3.02. The minimum absolute atomic E-state index is 0.181. The van der Waals surface area contributed by atoms with E-state index in [0.29, 0.717) is 11.8 Å². The van der Waals surface area contributed by atoms with Crippen LogP contribution in [0.4, 0.5) is 0 Å². The molecule has 0 aromatic carbocycles. The molecule has 0 saturated heterocycles. The molecule has 2 fully saturated rings. The molecule has 8 heavy (non-hydrogen) atoms. The Hall–Kier alpha value is -0.0400. The number of aliphatic hydroxyl groups is 1. The van der Waals surface area contributed by atoms with E-state index in [1.165, 1.54) is 12.8 Å². The lowest BCUT2D eigenvalue weighted by Crippen LogP contribution is -2.06. The molecule has 0 radical (unpaired) electrons. The molecule has 0 aromatic heterocycles. The van der Waals surface area contributed by atoms with Crippen molar-refractivity contribution in [2.24, 2.45) is 11.8 Å². The van der Waals surface area contributed by atoms with Crippen molar-refractivity contribution in [1.29, 1.82) is 0 Å². The first-order valence-electron chi connectivity index (χ1n) is 3.47. The summed E-state index contributed by atoms with van der Waals surface area (Å²) >= 11 is 0. The van der Waals surface area contributed by atoms with Gasteiger partial charge in [0.1, 0.15) is 0 Å². The van der Waals surface area contributed by atoms with Gasteiger partial charge in [-0.05, 0) is 24.7 Å². The molecule has 3 atom stereocenters. The molecule has 46 valence electrons. The van der Waals surface area contributed by atoms with Gasteiger partial charge in [0.2, 0.25) is 0 Å². The van der Waals surface area contributed by atoms with E-state index in [-0.39, 0.29) is 5.60 Å². The maximum Gasteiger partial charge on any atom is 0.0708 e. The van der Waals surface area contributed by atoms with Gasteiger partial charge in [-0.15, -0.1) is 0 Å². The van der Waals surface area contributed by atoms with Crippen LogP contribution in [-0.2, 0) is 0 Å². The highest BCUT2D eigenvalue weighted by Gasteiger charge is 2.62. The van der Waals surface area contributed by atoms with E-state index in [2.05, 4.69) is 6.92 Å². The summed E-state index contributed by atoms with van der Waals surface area (Å²) in [5.74, 6) is 1.30. The predicted molar refractivity (Wildman–Crippen MR) is 31.5 cm³/mol. The predicted octanol–water partition coefficient (Wildman–Crippen LogP) is 1.17. The van der Waals surface area contributed by atoms with Crippen LogP contribution in [0.1, 0.15) is 26.2 Å². The highest BCUT2D eigenvalue weighted by molar-refractivity contribution is 5.13. The fourth-order valence-corrected chi connectivity index (χ4v) is 2.22. The minimum atomic E-state index is -0.181. The van der Waals surface area contributed by atoms with Gasteiger partial charge in [-0.25, -0.2) is 0 Å². The van der Waals surface area contributed by atoms with Gasteiger partial charge in [-0.2, -0.15) is 0 Å². The first-order chi connectivity index (χ1) is 3.75. The average molecular weight is 112 g/mol. The topological polar surface area (TPSA) is 20.2 Å². The Morgan fingerprint density at radius 2 is 2.38 bits per heavy atom. The Balaban J connectivity index is 2.18. The number of hydrogen-bond acceptors (Lipinski definition) is 1. The zero-order valence-electron chi connectivity index (χ0n) is 5.22. The largest absolute Gasteiger partial charge is 0.389 e. The first kappa shape index (κ1) is 4.80.